The number of esters is 1. The second kappa shape index (κ2) is 12.0. The molecule has 0 radical (unpaired) electrons. The Labute approximate surface area is 179 Å². The molecule has 1 fully saturated rings. The highest BCUT2D eigenvalue weighted by molar-refractivity contribution is 14.0. The molecule has 0 saturated carbocycles. The number of hydrogen-bond acceptors (Lipinski definition) is 4. The van der Waals surface area contributed by atoms with E-state index in [1.807, 2.05) is 6.07 Å². The molecule has 1 N–H and O–H groups in total. The Morgan fingerprint density at radius 2 is 2.00 bits per heavy atom. The predicted octanol–water partition coefficient (Wildman–Crippen LogP) is 3.01. The second-order valence-electron chi connectivity index (χ2n) is 6.59. The topological polar surface area (TPSA) is 63.2 Å². The first kappa shape index (κ1) is 23.5. The molecule has 0 spiro atoms. The average molecular weight is 489 g/mol. The van der Waals surface area contributed by atoms with Crippen LogP contribution in [-0.2, 0) is 16.0 Å². The molecule has 7 heteroatoms. The van der Waals surface area contributed by atoms with Crippen LogP contribution in [0.5, 0.6) is 5.75 Å². The first-order valence-corrected chi connectivity index (χ1v) is 9.33. The largest absolute Gasteiger partial charge is 0.496 e. The Morgan fingerprint density at radius 1 is 1.30 bits per heavy atom. The number of methoxy groups -OCH3 is 2. The van der Waals surface area contributed by atoms with Gasteiger partial charge in [0.15, 0.2) is 5.96 Å². The molecule has 0 aromatic heterocycles. The fourth-order valence-electron chi connectivity index (χ4n) is 3.30. The molecule has 0 bridgehead atoms. The van der Waals surface area contributed by atoms with Crippen LogP contribution in [0.1, 0.15) is 30.9 Å². The summed E-state index contributed by atoms with van der Waals surface area (Å²) in [6, 6.07) is 6.22. The standard InChI is InChI=1S/C20H31N3O3.HI/c1-5-21-20(23-12-9-16(10-13-23)19(24)26-4)22-11-8-17-14-15(2)6-7-18(17)25-3;/h6-7,14,16H,5,8-13H2,1-4H3,(H,21,22);1H. The van der Waals surface area contributed by atoms with E-state index >= 15 is 0 Å². The van der Waals surface area contributed by atoms with Gasteiger partial charge in [-0.3, -0.25) is 9.79 Å². The molecule has 0 unspecified atom stereocenters. The maximum atomic E-state index is 11.7. The monoisotopic (exact) mass is 489 g/mol. The fourth-order valence-corrected chi connectivity index (χ4v) is 3.30. The lowest BCUT2D eigenvalue weighted by Gasteiger charge is -2.33. The van der Waals surface area contributed by atoms with E-state index in [2.05, 4.69) is 36.2 Å². The molecule has 6 nitrogen and oxygen atoms in total. The zero-order chi connectivity index (χ0) is 18.9. The van der Waals surface area contributed by atoms with Crippen LogP contribution in [0.3, 0.4) is 0 Å². The SMILES string of the molecule is CCNC(=NCCc1cc(C)ccc1OC)N1CCC(C(=O)OC)CC1.I. The number of carbonyl (C=O) groups is 1. The number of guanidine groups is 1. The highest BCUT2D eigenvalue weighted by Gasteiger charge is 2.26. The number of rotatable bonds is 6. The highest BCUT2D eigenvalue weighted by Crippen LogP contribution is 2.21. The van der Waals surface area contributed by atoms with E-state index in [1.54, 1.807) is 7.11 Å². The number of nitrogens with one attached hydrogen (secondary N) is 1. The van der Waals surface area contributed by atoms with E-state index < -0.39 is 0 Å². The van der Waals surface area contributed by atoms with Crippen molar-refractivity contribution in [2.24, 2.45) is 10.9 Å². The Bertz CT molecular complexity index is 629. The van der Waals surface area contributed by atoms with Crippen LogP contribution >= 0.6 is 24.0 Å². The third kappa shape index (κ3) is 6.86. The van der Waals surface area contributed by atoms with Crippen LogP contribution in [0.4, 0.5) is 0 Å². The second-order valence-corrected chi connectivity index (χ2v) is 6.59. The number of aryl methyl sites for hydroxylation is 1. The van der Waals surface area contributed by atoms with Crippen molar-refractivity contribution in [3.63, 3.8) is 0 Å². The number of likely N-dealkylation sites (tertiary alicyclic amines) is 1. The van der Waals surface area contributed by atoms with Crippen molar-refractivity contribution in [1.29, 1.82) is 0 Å². The smallest absolute Gasteiger partial charge is 0.308 e. The van der Waals surface area contributed by atoms with E-state index in [1.165, 1.54) is 18.2 Å². The lowest BCUT2D eigenvalue weighted by molar-refractivity contribution is -0.146. The van der Waals surface area contributed by atoms with Crippen LogP contribution in [0.25, 0.3) is 0 Å². The molecule has 1 saturated heterocycles. The van der Waals surface area contributed by atoms with Crippen molar-refractivity contribution >= 4 is 35.9 Å². The number of nitrogens with zero attached hydrogens (tertiary/aromatic N) is 2. The number of aliphatic imine (C=N–C) groups is 1. The number of hydrogen-bond donors (Lipinski definition) is 1. The first-order chi connectivity index (χ1) is 12.6. The van der Waals surface area contributed by atoms with Crippen molar-refractivity contribution in [1.82, 2.24) is 10.2 Å². The molecule has 2 rings (SSSR count). The Balaban J connectivity index is 0.00000364. The number of benzene rings is 1. The maximum absolute atomic E-state index is 11.7. The van der Waals surface area contributed by atoms with E-state index in [0.29, 0.717) is 6.54 Å². The first-order valence-electron chi connectivity index (χ1n) is 9.33. The van der Waals surface area contributed by atoms with E-state index in [4.69, 9.17) is 14.5 Å². The van der Waals surface area contributed by atoms with Crippen LogP contribution < -0.4 is 10.1 Å². The molecule has 1 heterocycles. The molecule has 0 amide bonds. The molecule has 0 atom stereocenters. The molecule has 1 aromatic rings. The average Bonchev–Trinajstić information content (AvgIpc) is 2.67. The zero-order valence-corrected chi connectivity index (χ0v) is 19.1. The molecule has 1 aliphatic rings. The van der Waals surface area contributed by atoms with Crippen LogP contribution in [0.2, 0.25) is 0 Å². The van der Waals surface area contributed by atoms with Gasteiger partial charge in [-0.1, -0.05) is 17.7 Å². The number of halogens is 1. The third-order valence-corrected chi connectivity index (χ3v) is 4.74. The normalized spacial score (nSPS) is 15.1. The van der Waals surface area contributed by atoms with E-state index in [9.17, 15) is 4.79 Å². The molecule has 152 valence electrons. The van der Waals surface area contributed by atoms with Crippen molar-refractivity contribution < 1.29 is 14.3 Å². The molecule has 1 aromatic carbocycles. The Kier molecular flexibility index (Phi) is 10.5. The van der Waals surface area contributed by atoms with Gasteiger partial charge in [0.2, 0.25) is 0 Å². The highest BCUT2D eigenvalue weighted by atomic mass is 127. The summed E-state index contributed by atoms with van der Waals surface area (Å²) in [6.45, 7) is 7.31. The number of carbonyl (C=O) groups excluding carboxylic acids is 1. The van der Waals surface area contributed by atoms with Crippen LogP contribution in [0, 0.1) is 12.8 Å². The summed E-state index contributed by atoms with van der Waals surface area (Å²) in [4.78, 5) is 18.7. The summed E-state index contributed by atoms with van der Waals surface area (Å²) in [6.07, 6.45) is 2.45. The Hall–Kier alpha value is -1.51. The van der Waals surface area contributed by atoms with Gasteiger partial charge in [0.25, 0.3) is 0 Å². The lowest BCUT2D eigenvalue weighted by Crippen LogP contribution is -2.46. The molecular weight excluding hydrogens is 457 g/mol. The van der Waals surface area contributed by atoms with Crippen molar-refractivity contribution in [3.05, 3.63) is 29.3 Å². The van der Waals surface area contributed by atoms with Gasteiger partial charge in [0.1, 0.15) is 5.75 Å². The van der Waals surface area contributed by atoms with Gasteiger partial charge in [-0.25, -0.2) is 0 Å². The lowest BCUT2D eigenvalue weighted by atomic mass is 9.97. The van der Waals surface area contributed by atoms with Crippen molar-refractivity contribution in [2.75, 3.05) is 40.4 Å². The van der Waals surface area contributed by atoms with Gasteiger partial charge in [-0.2, -0.15) is 0 Å². The quantitative estimate of drug-likeness (QED) is 0.288. The van der Waals surface area contributed by atoms with Gasteiger partial charge in [0, 0.05) is 26.2 Å². The number of piperidine rings is 1. The van der Waals surface area contributed by atoms with Gasteiger partial charge in [0.05, 0.1) is 20.1 Å². The minimum Gasteiger partial charge on any atom is -0.496 e. The predicted molar refractivity (Wildman–Crippen MR) is 119 cm³/mol. The van der Waals surface area contributed by atoms with Gasteiger partial charge in [-0.05, 0) is 44.7 Å². The van der Waals surface area contributed by atoms with Crippen LogP contribution in [-0.4, -0.2) is 57.2 Å². The molecule has 1 aliphatic heterocycles. The number of ether oxygens (including phenoxy) is 2. The minimum atomic E-state index is -0.0990. The summed E-state index contributed by atoms with van der Waals surface area (Å²) in [5.41, 5.74) is 2.40. The van der Waals surface area contributed by atoms with E-state index in [0.717, 1.165) is 50.6 Å². The van der Waals surface area contributed by atoms with Gasteiger partial charge in [-0.15, -0.1) is 24.0 Å². The summed E-state index contributed by atoms with van der Waals surface area (Å²) < 4.78 is 10.3. The minimum absolute atomic E-state index is 0. The van der Waals surface area contributed by atoms with Crippen molar-refractivity contribution in [3.8, 4) is 5.75 Å². The zero-order valence-electron chi connectivity index (χ0n) is 16.8. The van der Waals surface area contributed by atoms with Gasteiger partial charge < -0.3 is 19.7 Å². The fraction of sp³-hybridized carbons (Fsp3) is 0.600. The Morgan fingerprint density at radius 3 is 2.59 bits per heavy atom. The van der Waals surface area contributed by atoms with Crippen molar-refractivity contribution in [2.45, 2.75) is 33.1 Å². The summed E-state index contributed by atoms with van der Waals surface area (Å²) in [5, 5.41) is 3.37. The molecular formula is C20H32IN3O3. The molecule has 0 aliphatic carbocycles. The summed E-state index contributed by atoms with van der Waals surface area (Å²) in [5.74, 6) is 1.74. The van der Waals surface area contributed by atoms with Gasteiger partial charge >= 0.3 is 5.97 Å². The van der Waals surface area contributed by atoms with E-state index in [-0.39, 0.29) is 35.9 Å². The van der Waals surface area contributed by atoms with Crippen LogP contribution in [0.15, 0.2) is 23.2 Å². The maximum Gasteiger partial charge on any atom is 0.308 e. The summed E-state index contributed by atoms with van der Waals surface area (Å²) in [7, 11) is 3.16. The molecule has 27 heavy (non-hydrogen) atoms. The third-order valence-electron chi connectivity index (χ3n) is 4.74. The summed E-state index contributed by atoms with van der Waals surface area (Å²) >= 11 is 0.